The molecule has 0 unspecified atom stereocenters. The standard InChI is InChI=1S/C22H26F2N6O/c1-29(2)22-25-11-15(12-26-22)13-30-7-5-16(14-30)21-9-17(27-28-21)6-8-31-18-3-4-19(23)20(24)10-18/h3-4,9-12,16H,5-8,13-14H2,1-2H3,(H,27,28)/t16-/m1/s1. The first-order valence-corrected chi connectivity index (χ1v) is 10.3. The molecule has 0 bridgehead atoms. The number of rotatable bonds is 8. The van der Waals surface area contributed by atoms with E-state index in [9.17, 15) is 8.78 Å². The first kappa shape index (κ1) is 21.2. The van der Waals surface area contributed by atoms with Gasteiger partial charge in [-0.25, -0.2) is 18.7 Å². The smallest absolute Gasteiger partial charge is 0.224 e. The lowest BCUT2D eigenvalue weighted by Gasteiger charge is -2.16. The maximum Gasteiger partial charge on any atom is 0.224 e. The fourth-order valence-corrected chi connectivity index (χ4v) is 3.70. The van der Waals surface area contributed by atoms with E-state index in [0.29, 0.717) is 30.6 Å². The van der Waals surface area contributed by atoms with Crippen LogP contribution in [0.1, 0.15) is 29.3 Å². The highest BCUT2D eigenvalue weighted by Crippen LogP contribution is 2.27. The first-order chi connectivity index (χ1) is 15.0. The van der Waals surface area contributed by atoms with Gasteiger partial charge in [0.15, 0.2) is 11.6 Å². The van der Waals surface area contributed by atoms with Gasteiger partial charge in [0.1, 0.15) is 5.75 Å². The Morgan fingerprint density at radius 2 is 1.97 bits per heavy atom. The van der Waals surface area contributed by atoms with Crippen LogP contribution in [0.4, 0.5) is 14.7 Å². The molecule has 3 aromatic rings. The SMILES string of the molecule is CN(C)c1ncc(CN2CC[C@@H](c3cc(CCOc4ccc(F)c(F)c4)[nH]n3)C2)cn1. The van der Waals surface area contributed by atoms with Crippen LogP contribution in [0.5, 0.6) is 5.75 Å². The quantitative estimate of drug-likeness (QED) is 0.594. The summed E-state index contributed by atoms with van der Waals surface area (Å²) < 4.78 is 31.7. The Labute approximate surface area is 180 Å². The van der Waals surface area contributed by atoms with Crippen molar-refractivity contribution in [1.82, 2.24) is 25.1 Å². The number of aromatic amines is 1. The number of nitrogens with one attached hydrogen (secondary N) is 1. The number of hydrogen-bond donors (Lipinski definition) is 1. The molecule has 1 N–H and O–H groups in total. The Hall–Kier alpha value is -3.07. The van der Waals surface area contributed by atoms with Crippen LogP contribution in [0, 0.1) is 11.6 Å². The molecule has 3 heterocycles. The molecule has 1 fully saturated rings. The van der Waals surface area contributed by atoms with E-state index in [1.54, 1.807) is 0 Å². The van der Waals surface area contributed by atoms with Crippen LogP contribution in [0.15, 0.2) is 36.7 Å². The van der Waals surface area contributed by atoms with Crippen LogP contribution in [0.3, 0.4) is 0 Å². The molecule has 1 aliphatic heterocycles. The fraction of sp³-hybridized carbons (Fsp3) is 0.409. The van der Waals surface area contributed by atoms with Crippen molar-refractivity contribution in [3.63, 3.8) is 0 Å². The van der Waals surface area contributed by atoms with Gasteiger partial charge in [-0.15, -0.1) is 0 Å². The van der Waals surface area contributed by atoms with Gasteiger partial charge in [-0.1, -0.05) is 0 Å². The van der Waals surface area contributed by atoms with Crippen LogP contribution >= 0.6 is 0 Å². The summed E-state index contributed by atoms with van der Waals surface area (Å²) in [4.78, 5) is 13.0. The maximum atomic E-state index is 13.2. The summed E-state index contributed by atoms with van der Waals surface area (Å²) in [7, 11) is 3.85. The molecule has 1 aliphatic rings. The highest BCUT2D eigenvalue weighted by atomic mass is 19.2. The Kier molecular flexibility index (Phi) is 6.41. The van der Waals surface area contributed by atoms with Crippen molar-refractivity contribution in [2.24, 2.45) is 0 Å². The Balaban J connectivity index is 1.25. The number of aromatic nitrogens is 4. The molecule has 1 aromatic carbocycles. The molecule has 1 atom stereocenters. The molecule has 0 aliphatic carbocycles. The summed E-state index contributed by atoms with van der Waals surface area (Å²) in [5.41, 5.74) is 3.11. The number of benzene rings is 1. The third kappa shape index (κ3) is 5.35. The summed E-state index contributed by atoms with van der Waals surface area (Å²) in [6.45, 7) is 3.11. The number of hydrogen-bond acceptors (Lipinski definition) is 6. The van der Waals surface area contributed by atoms with E-state index >= 15 is 0 Å². The molecule has 0 radical (unpaired) electrons. The predicted molar refractivity (Wildman–Crippen MR) is 113 cm³/mol. The molecule has 1 saturated heterocycles. The molecular formula is C22H26F2N6O. The largest absolute Gasteiger partial charge is 0.493 e. The lowest BCUT2D eigenvalue weighted by Crippen LogP contribution is -2.20. The van der Waals surface area contributed by atoms with E-state index in [0.717, 1.165) is 55.1 Å². The van der Waals surface area contributed by atoms with Crippen LogP contribution in [0.2, 0.25) is 0 Å². The van der Waals surface area contributed by atoms with E-state index < -0.39 is 11.6 Å². The summed E-state index contributed by atoms with van der Waals surface area (Å²) in [5.74, 6) is -0.394. The van der Waals surface area contributed by atoms with Gasteiger partial charge >= 0.3 is 0 Å². The lowest BCUT2D eigenvalue weighted by molar-refractivity contribution is 0.317. The molecule has 31 heavy (non-hydrogen) atoms. The van der Waals surface area contributed by atoms with Gasteiger partial charge in [-0.2, -0.15) is 5.10 Å². The first-order valence-electron chi connectivity index (χ1n) is 10.3. The van der Waals surface area contributed by atoms with E-state index in [4.69, 9.17) is 4.74 Å². The number of anilines is 1. The second-order valence-electron chi connectivity index (χ2n) is 8.00. The molecule has 0 saturated carbocycles. The third-order valence-electron chi connectivity index (χ3n) is 5.37. The minimum absolute atomic E-state index is 0.313. The van der Waals surface area contributed by atoms with Crippen molar-refractivity contribution in [3.8, 4) is 5.75 Å². The summed E-state index contributed by atoms with van der Waals surface area (Å²) in [6.07, 6.45) is 5.43. The molecule has 9 heteroatoms. The second kappa shape index (κ2) is 9.38. The average Bonchev–Trinajstić information content (AvgIpc) is 3.41. The van der Waals surface area contributed by atoms with Gasteiger partial charge < -0.3 is 9.64 Å². The topological polar surface area (TPSA) is 70.2 Å². The minimum atomic E-state index is -0.910. The number of H-pyrrole nitrogens is 1. The van der Waals surface area contributed by atoms with Gasteiger partial charge in [0, 0.05) is 69.2 Å². The van der Waals surface area contributed by atoms with Gasteiger partial charge in [0.2, 0.25) is 5.95 Å². The monoisotopic (exact) mass is 428 g/mol. The Morgan fingerprint density at radius 3 is 2.71 bits per heavy atom. The molecule has 0 amide bonds. The summed E-state index contributed by atoms with van der Waals surface area (Å²) in [5, 5.41) is 7.54. The van der Waals surface area contributed by atoms with Crippen molar-refractivity contribution in [3.05, 3.63) is 65.2 Å². The van der Waals surface area contributed by atoms with Gasteiger partial charge in [0.05, 0.1) is 12.3 Å². The predicted octanol–water partition coefficient (Wildman–Crippen LogP) is 3.15. The van der Waals surface area contributed by atoms with Crippen molar-refractivity contribution >= 4 is 5.95 Å². The molecule has 2 aromatic heterocycles. The van der Waals surface area contributed by atoms with E-state index in [1.807, 2.05) is 31.4 Å². The van der Waals surface area contributed by atoms with Crippen molar-refractivity contribution in [2.75, 3.05) is 38.7 Å². The molecule has 4 rings (SSSR count). The minimum Gasteiger partial charge on any atom is -0.493 e. The maximum absolute atomic E-state index is 13.2. The molecule has 164 valence electrons. The highest BCUT2D eigenvalue weighted by Gasteiger charge is 2.26. The summed E-state index contributed by atoms with van der Waals surface area (Å²) in [6, 6.07) is 5.61. The summed E-state index contributed by atoms with van der Waals surface area (Å²) >= 11 is 0. The normalized spacial score (nSPS) is 16.6. The molecular weight excluding hydrogens is 402 g/mol. The van der Waals surface area contributed by atoms with E-state index in [-0.39, 0.29) is 0 Å². The average molecular weight is 428 g/mol. The fourth-order valence-electron chi connectivity index (χ4n) is 3.70. The Morgan fingerprint density at radius 1 is 1.16 bits per heavy atom. The van der Waals surface area contributed by atoms with E-state index in [2.05, 4.69) is 31.1 Å². The highest BCUT2D eigenvalue weighted by molar-refractivity contribution is 5.27. The third-order valence-corrected chi connectivity index (χ3v) is 5.37. The second-order valence-corrected chi connectivity index (χ2v) is 8.00. The number of halogens is 2. The van der Waals surface area contributed by atoms with Crippen LogP contribution in [-0.2, 0) is 13.0 Å². The van der Waals surface area contributed by atoms with Crippen molar-refractivity contribution < 1.29 is 13.5 Å². The number of nitrogens with zero attached hydrogens (tertiary/aromatic N) is 5. The van der Waals surface area contributed by atoms with Crippen LogP contribution in [0.25, 0.3) is 0 Å². The van der Waals surface area contributed by atoms with Crippen molar-refractivity contribution in [1.29, 1.82) is 0 Å². The lowest BCUT2D eigenvalue weighted by atomic mass is 10.0. The zero-order valence-corrected chi connectivity index (χ0v) is 17.7. The zero-order valence-electron chi connectivity index (χ0n) is 17.7. The number of ether oxygens (including phenoxy) is 1. The zero-order chi connectivity index (χ0) is 21.8. The van der Waals surface area contributed by atoms with Gasteiger partial charge in [-0.3, -0.25) is 10.00 Å². The van der Waals surface area contributed by atoms with Gasteiger partial charge in [0.25, 0.3) is 0 Å². The van der Waals surface area contributed by atoms with Gasteiger partial charge in [-0.05, 0) is 31.2 Å². The molecule has 7 nitrogen and oxygen atoms in total. The Bertz CT molecular complexity index is 1010. The number of likely N-dealkylation sites (tertiary alicyclic amines) is 1. The van der Waals surface area contributed by atoms with E-state index in [1.165, 1.54) is 6.07 Å². The van der Waals surface area contributed by atoms with Crippen molar-refractivity contribution in [2.45, 2.75) is 25.3 Å². The molecule has 0 spiro atoms. The van der Waals surface area contributed by atoms with Crippen LogP contribution < -0.4 is 9.64 Å². The van der Waals surface area contributed by atoms with Crippen LogP contribution in [-0.4, -0.2) is 58.9 Å².